The Kier molecular flexibility index (Phi) is 5.25. The van der Waals surface area contributed by atoms with E-state index >= 15 is 0 Å². The number of nitrogens with zero attached hydrogens (tertiary/aromatic N) is 5. The van der Waals surface area contributed by atoms with Crippen LogP contribution in [0.1, 0.15) is 5.56 Å². The van der Waals surface area contributed by atoms with Gasteiger partial charge in [-0.2, -0.15) is 5.10 Å². The van der Waals surface area contributed by atoms with Gasteiger partial charge in [0, 0.05) is 50.7 Å². The van der Waals surface area contributed by atoms with Crippen molar-refractivity contribution in [3.8, 4) is 11.3 Å². The zero-order valence-corrected chi connectivity index (χ0v) is 17.8. The Morgan fingerprint density at radius 2 is 1.67 bits per heavy atom. The van der Waals surface area contributed by atoms with E-state index in [-0.39, 0.29) is 0 Å². The molecule has 1 fully saturated rings. The zero-order valence-electron chi connectivity index (χ0n) is 17.1. The van der Waals surface area contributed by atoms with Crippen molar-refractivity contribution in [1.29, 1.82) is 0 Å². The van der Waals surface area contributed by atoms with Gasteiger partial charge < -0.3 is 9.47 Å². The van der Waals surface area contributed by atoms with E-state index in [1.54, 1.807) is 0 Å². The van der Waals surface area contributed by atoms with Gasteiger partial charge in [0.2, 0.25) is 0 Å². The fourth-order valence-electron chi connectivity index (χ4n) is 4.02. The molecule has 0 radical (unpaired) electrons. The predicted molar refractivity (Wildman–Crippen MR) is 122 cm³/mol. The molecule has 0 unspecified atom stereocenters. The number of aromatic nitrogens is 3. The van der Waals surface area contributed by atoms with Crippen LogP contribution in [0.25, 0.3) is 22.1 Å². The van der Waals surface area contributed by atoms with E-state index in [0.717, 1.165) is 67.7 Å². The number of hydrogen-bond donors (Lipinski definition) is 2. The van der Waals surface area contributed by atoms with Gasteiger partial charge in [0.05, 0.1) is 17.1 Å². The molecule has 2 aliphatic heterocycles. The number of anilines is 1. The molecule has 4 heterocycles. The molecule has 3 aromatic rings. The van der Waals surface area contributed by atoms with E-state index in [1.165, 1.54) is 0 Å². The number of hydrazine groups is 1. The largest absolute Gasteiger partial charge is 0.308 e. The Bertz CT molecular complexity index is 1030. The van der Waals surface area contributed by atoms with Gasteiger partial charge in [-0.1, -0.05) is 41.9 Å². The molecule has 0 spiro atoms. The first-order chi connectivity index (χ1) is 14.7. The summed E-state index contributed by atoms with van der Waals surface area (Å²) >= 11 is 6.92. The van der Waals surface area contributed by atoms with Crippen molar-refractivity contribution in [1.82, 2.24) is 29.6 Å². The quantitative estimate of drug-likeness (QED) is 0.660. The van der Waals surface area contributed by atoms with Gasteiger partial charge in [-0.3, -0.25) is 15.8 Å². The van der Waals surface area contributed by atoms with Crippen molar-refractivity contribution >= 4 is 28.3 Å². The Morgan fingerprint density at radius 1 is 0.933 bits per heavy atom. The molecule has 2 aromatic heterocycles. The van der Waals surface area contributed by atoms with Crippen molar-refractivity contribution in [3.05, 3.63) is 60.4 Å². The molecular formula is C22H26ClN7. The first-order valence-corrected chi connectivity index (χ1v) is 10.7. The molecule has 156 valence electrons. The molecule has 1 aromatic carbocycles. The Labute approximate surface area is 181 Å². The highest BCUT2D eigenvalue weighted by atomic mass is 35.5. The third-order valence-electron chi connectivity index (χ3n) is 5.81. The summed E-state index contributed by atoms with van der Waals surface area (Å²) in [5, 5.41) is 5.63. The predicted octanol–water partition coefficient (Wildman–Crippen LogP) is 3.05. The van der Waals surface area contributed by atoms with Crippen LogP contribution in [0.15, 0.2) is 54.9 Å². The highest BCUT2D eigenvalue weighted by Gasteiger charge is 2.28. The zero-order chi connectivity index (χ0) is 20.5. The minimum Gasteiger partial charge on any atom is -0.308 e. The van der Waals surface area contributed by atoms with Crippen LogP contribution < -0.4 is 10.9 Å². The number of benzene rings is 1. The second-order valence-electron chi connectivity index (χ2n) is 7.81. The average molecular weight is 424 g/mol. The lowest BCUT2D eigenvalue weighted by Crippen LogP contribution is -2.45. The van der Waals surface area contributed by atoms with Gasteiger partial charge in [-0.05, 0) is 19.2 Å². The summed E-state index contributed by atoms with van der Waals surface area (Å²) in [5.41, 5.74) is 9.49. The lowest BCUT2D eigenvalue weighted by molar-refractivity contribution is 0.149. The van der Waals surface area contributed by atoms with Crippen LogP contribution in [0.5, 0.6) is 0 Å². The topological polar surface area (TPSA) is 53.3 Å². The highest BCUT2D eigenvalue weighted by Crippen LogP contribution is 2.40. The molecule has 8 heteroatoms. The van der Waals surface area contributed by atoms with Gasteiger partial charge >= 0.3 is 0 Å². The van der Waals surface area contributed by atoms with Gasteiger partial charge in [-0.15, -0.1) is 0 Å². The van der Waals surface area contributed by atoms with Gasteiger partial charge in [0.25, 0.3) is 0 Å². The van der Waals surface area contributed by atoms with Crippen LogP contribution in [-0.2, 0) is 6.54 Å². The molecule has 30 heavy (non-hydrogen) atoms. The van der Waals surface area contributed by atoms with E-state index in [0.29, 0.717) is 5.03 Å². The molecule has 0 atom stereocenters. The smallest absolute Gasteiger partial charge is 0.152 e. The maximum absolute atomic E-state index is 6.92. The Hall–Kier alpha value is -2.74. The second-order valence-corrected chi connectivity index (χ2v) is 8.19. The molecule has 1 saturated heterocycles. The van der Waals surface area contributed by atoms with E-state index in [1.807, 2.05) is 52.0 Å². The maximum atomic E-state index is 6.92. The van der Waals surface area contributed by atoms with Crippen molar-refractivity contribution in [2.24, 2.45) is 0 Å². The Morgan fingerprint density at radius 3 is 2.40 bits per heavy atom. The summed E-state index contributed by atoms with van der Waals surface area (Å²) in [6.07, 6.45) is 3.94. The fourth-order valence-corrected chi connectivity index (χ4v) is 4.34. The molecule has 0 amide bonds. The molecule has 5 rings (SSSR count). The van der Waals surface area contributed by atoms with E-state index < -0.39 is 0 Å². The van der Waals surface area contributed by atoms with Gasteiger partial charge in [0.15, 0.2) is 5.82 Å². The minimum absolute atomic E-state index is 0.657. The van der Waals surface area contributed by atoms with Crippen molar-refractivity contribution < 1.29 is 0 Å². The molecule has 0 saturated carbocycles. The summed E-state index contributed by atoms with van der Waals surface area (Å²) in [6.45, 7) is 6.17. The van der Waals surface area contributed by atoms with Crippen molar-refractivity contribution in [3.63, 3.8) is 0 Å². The van der Waals surface area contributed by atoms with Crippen LogP contribution in [0.2, 0.25) is 0 Å². The third kappa shape index (κ3) is 3.60. The lowest BCUT2D eigenvalue weighted by atomic mass is 10.1. The highest BCUT2D eigenvalue weighted by molar-refractivity contribution is 6.53. The van der Waals surface area contributed by atoms with Gasteiger partial charge in [-0.25, -0.2) is 4.68 Å². The monoisotopic (exact) mass is 423 g/mol. The van der Waals surface area contributed by atoms with Crippen LogP contribution >= 0.6 is 11.6 Å². The normalized spacial score (nSPS) is 17.5. The number of piperazine rings is 1. The van der Waals surface area contributed by atoms with Crippen LogP contribution in [0.3, 0.4) is 0 Å². The molecular weight excluding hydrogens is 398 g/mol. The van der Waals surface area contributed by atoms with Crippen LogP contribution in [-0.4, -0.2) is 63.9 Å². The number of fused-ring (bicyclic) bond motifs is 1. The van der Waals surface area contributed by atoms with E-state index in [9.17, 15) is 0 Å². The number of nitrogens with one attached hydrogen (secondary N) is 2. The minimum atomic E-state index is 0.657. The fraction of sp³-hybridized carbons (Fsp3) is 0.318. The number of likely N-dealkylation sites (N-methyl/N-ethyl adjacent to an activating group) is 1. The molecule has 2 N–H and O–H groups in total. The summed E-state index contributed by atoms with van der Waals surface area (Å²) in [5.74, 6) is 1.70. The van der Waals surface area contributed by atoms with Crippen molar-refractivity contribution in [2.45, 2.75) is 6.54 Å². The van der Waals surface area contributed by atoms with E-state index in [2.05, 4.69) is 39.8 Å². The lowest BCUT2D eigenvalue weighted by Gasteiger charge is -2.32. The molecule has 0 aliphatic carbocycles. The van der Waals surface area contributed by atoms with Gasteiger partial charge in [0.1, 0.15) is 11.5 Å². The summed E-state index contributed by atoms with van der Waals surface area (Å²) in [7, 11) is 2.18. The van der Waals surface area contributed by atoms with Crippen LogP contribution in [0, 0.1) is 0 Å². The SMILES string of the molecule is CN1CCN(CCn2nc(-c3ccccc3)c3c2NNC(n2cccc2)=C3Cl)CC1. The number of rotatable bonds is 5. The standard InChI is InChI=1S/C22H26ClN7/c1-27-11-13-28(14-12-27)15-16-30-21-18(20(26-30)17-7-3-2-4-8-17)19(23)22(25-24-21)29-9-5-6-10-29/h2-10,24-25H,11-16H2,1H3. The number of halogens is 1. The van der Waals surface area contributed by atoms with Crippen molar-refractivity contribution in [2.75, 3.05) is 45.2 Å². The molecule has 2 aliphatic rings. The first-order valence-electron chi connectivity index (χ1n) is 10.3. The molecule has 7 nitrogen and oxygen atoms in total. The summed E-state index contributed by atoms with van der Waals surface area (Å²) in [6, 6.07) is 14.2. The first kappa shape index (κ1) is 19.2. The number of hydrogen-bond acceptors (Lipinski definition) is 5. The summed E-state index contributed by atoms with van der Waals surface area (Å²) in [4.78, 5) is 4.87. The maximum Gasteiger partial charge on any atom is 0.152 e. The summed E-state index contributed by atoms with van der Waals surface area (Å²) < 4.78 is 4.01. The average Bonchev–Trinajstić information content (AvgIpc) is 3.43. The third-order valence-corrected chi connectivity index (χ3v) is 6.18. The second kappa shape index (κ2) is 8.18. The van der Waals surface area contributed by atoms with E-state index in [4.69, 9.17) is 16.7 Å². The molecule has 0 bridgehead atoms. The Balaban J connectivity index is 1.50. The van der Waals surface area contributed by atoms with Crippen LogP contribution in [0.4, 0.5) is 5.82 Å².